The second kappa shape index (κ2) is 7.53. The van der Waals surface area contributed by atoms with E-state index in [-0.39, 0.29) is 5.91 Å². The van der Waals surface area contributed by atoms with E-state index in [0.29, 0.717) is 18.0 Å². The molecular weight excluding hydrogens is 302 g/mol. The number of amides is 1. The number of carbonyl (C=O) groups is 1. The van der Waals surface area contributed by atoms with Crippen LogP contribution in [-0.4, -0.2) is 24.1 Å². The van der Waals surface area contributed by atoms with Crippen LogP contribution >= 0.6 is 23.4 Å². The maximum Gasteiger partial charge on any atom is 0.227 e. The normalized spacial score (nSPS) is 10.4. The summed E-state index contributed by atoms with van der Waals surface area (Å²) in [4.78, 5) is 15.2. The van der Waals surface area contributed by atoms with Gasteiger partial charge >= 0.3 is 0 Å². The van der Waals surface area contributed by atoms with Crippen LogP contribution in [0.2, 0.25) is 5.02 Å². The fraction of sp³-hybridized carbons (Fsp3) is 0.235. The Bertz CT molecular complexity index is 595. The predicted molar refractivity (Wildman–Crippen MR) is 89.9 cm³/mol. The van der Waals surface area contributed by atoms with Crippen molar-refractivity contribution in [2.24, 2.45) is 0 Å². The molecule has 1 amide bonds. The lowest BCUT2D eigenvalue weighted by atomic mass is 10.1. The van der Waals surface area contributed by atoms with E-state index >= 15 is 0 Å². The van der Waals surface area contributed by atoms with Crippen molar-refractivity contribution >= 4 is 29.3 Å². The zero-order valence-corrected chi connectivity index (χ0v) is 13.7. The number of hydrogen-bond donors (Lipinski definition) is 0. The van der Waals surface area contributed by atoms with Crippen LogP contribution in [0.4, 0.5) is 0 Å². The van der Waals surface area contributed by atoms with Gasteiger partial charge in [-0.05, 0) is 41.6 Å². The van der Waals surface area contributed by atoms with Gasteiger partial charge in [0.1, 0.15) is 0 Å². The predicted octanol–water partition coefficient (Wildman–Crippen LogP) is 4.26. The Labute approximate surface area is 135 Å². The minimum absolute atomic E-state index is 0.103. The molecule has 0 unspecified atom stereocenters. The Morgan fingerprint density at radius 1 is 1.05 bits per heavy atom. The zero-order valence-electron chi connectivity index (χ0n) is 12.2. The largest absolute Gasteiger partial charge is 0.341 e. The average Bonchev–Trinajstić information content (AvgIpc) is 2.50. The Balaban J connectivity index is 1.93. The maximum absolute atomic E-state index is 12.2. The molecule has 2 nitrogen and oxygen atoms in total. The molecule has 2 aromatic rings. The van der Waals surface area contributed by atoms with E-state index in [1.165, 1.54) is 4.90 Å². The van der Waals surface area contributed by atoms with E-state index in [2.05, 4.69) is 30.5 Å². The molecule has 0 bridgehead atoms. The highest BCUT2D eigenvalue weighted by molar-refractivity contribution is 7.98. The molecule has 0 saturated heterocycles. The summed E-state index contributed by atoms with van der Waals surface area (Å²) in [5.74, 6) is 0.103. The molecule has 0 atom stereocenters. The molecule has 0 aliphatic rings. The van der Waals surface area contributed by atoms with Gasteiger partial charge in [-0.1, -0.05) is 35.9 Å². The van der Waals surface area contributed by atoms with Crippen molar-refractivity contribution in [1.29, 1.82) is 0 Å². The van der Waals surface area contributed by atoms with Crippen molar-refractivity contribution in [3.05, 3.63) is 64.7 Å². The van der Waals surface area contributed by atoms with E-state index in [1.807, 2.05) is 31.3 Å². The molecule has 0 aliphatic heterocycles. The Morgan fingerprint density at radius 3 is 2.19 bits per heavy atom. The minimum atomic E-state index is 0.103. The number of halogens is 1. The summed E-state index contributed by atoms with van der Waals surface area (Å²) in [5, 5.41) is 0.688. The molecule has 0 aromatic heterocycles. The molecular formula is C17H18ClNOS. The number of rotatable bonds is 5. The first-order valence-electron chi connectivity index (χ1n) is 6.70. The van der Waals surface area contributed by atoms with Gasteiger partial charge < -0.3 is 4.90 Å². The monoisotopic (exact) mass is 319 g/mol. The van der Waals surface area contributed by atoms with E-state index in [4.69, 9.17) is 11.6 Å². The average molecular weight is 320 g/mol. The lowest BCUT2D eigenvalue weighted by molar-refractivity contribution is -0.129. The van der Waals surface area contributed by atoms with Crippen LogP contribution in [0.5, 0.6) is 0 Å². The Morgan fingerprint density at radius 2 is 1.62 bits per heavy atom. The highest BCUT2D eigenvalue weighted by Crippen LogP contribution is 2.16. The third-order valence-corrected chi connectivity index (χ3v) is 4.27. The first-order valence-corrected chi connectivity index (χ1v) is 8.30. The summed E-state index contributed by atoms with van der Waals surface area (Å²) in [6.45, 7) is 0.626. The van der Waals surface area contributed by atoms with Crippen molar-refractivity contribution in [3.63, 3.8) is 0 Å². The van der Waals surface area contributed by atoms with Crippen molar-refractivity contribution in [1.82, 2.24) is 4.90 Å². The lowest BCUT2D eigenvalue weighted by Gasteiger charge is -2.17. The van der Waals surface area contributed by atoms with Crippen LogP contribution in [0.1, 0.15) is 11.1 Å². The van der Waals surface area contributed by atoms with Gasteiger partial charge in [0.2, 0.25) is 5.91 Å². The number of hydrogen-bond acceptors (Lipinski definition) is 2. The SMILES string of the molecule is CSc1ccc(CN(C)C(=O)Cc2ccc(Cl)cc2)cc1. The van der Waals surface area contributed by atoms with Gasteiger partial charge in [-0.3, -0.25) is 4.79 Å². The van der Waals surface area contributed by atoms with Crippen LogP contribution in [-0.2, 0) is 17.8 Å². The molecule has 4 heteroatoms. The smallest absolute Gasteiger partial charge is 0.227 e. The quantitative estimate of drug-likeness (QED) is 0.767. The third kappa shape index (κ3) is 4.80. The molecule has 0 aliphatic carbocycles. The van der Waals surface area contributed by atoms with Gasteiger partial charge in [0, 0.05) is 23.5 Å². The van der Waals surface area contributed by atoms with Crippen LogP contribution in [0.15, 0.2) is 53.4 Å². The van der Waals surface area contributed by atoms with Crippen molar-refractivity contribution in [2.75, 3.05) is 13.3 Å². The fourth-order valence-electron chi connectivity index (χ4n) is 2.00. The summed E-state index contributed by atoms with van der Waals surface area (Å²) >= 11 is 7.56. The standard InChI is InChI=1S/C17H18ClNOS/c1-19(12-14-5-9-16(21-2)10-6-14)17(20)11-13-3-7-15(18)8-4-13/h3-10H,11-12H2,1-2H3. The summed E-state index contributed by atoms with van der Waals surface area (Å²) in [7, 11) is 1.83. The maximum atomic E-state index is 12.2. The number of thioether (sulfide) groups is 1. The number of nitrogens with zero attached hydrogens (tertiary/aromatic N) is 1. The van der Waals surface area contributed by atoms with Crippen LogP contribution < -0.4 is 0 Å². The first-order chi connectivity index (χ1) is 10.1. The summed E-state index contributed by atoms with van der Waals surface area (Å²) in [6, 6.07) is 15.7. The van der Waals surface area contributed by atoms with E-state index in [9.17, 15) is 4.79 Å². The molecule has 110 valence electrons. The molecule has 0 N–H and O–H groups in total. The van der Waals surface area contributed by atoms with E-state index in [0.717, 1.165) is 11.1 Å². The Hall–Kier alpha value is -1.45. The molecule has 21 heavy (non-hydrogen) atoms. The number of carbonyl (C=O) groups excluding carboxylic acids is 1. The van der Waals surface area contributed by atoms with Crippen molar-refractivity contribution in [2.45, 2.75) is 17.9 Å². The van der Waals surface area contributed by atoms with Crippen LogP contribution in [0.25, 0.3) is 0 Å². The van der Waals surface area contributed by atoms with Gasteiger partial charge in [0.05, 0.1) is 6.42 Å². The second-order valence-electron chi connectivity index (χ2n) is 4.90. The number of benzene rings is 2. The highest BCUT2D eigenvalue weighted by Gasteiger charge is 2.10. The molecule has 2 aromatic carbocycles. The Kier molecular flexibility index (Phi) is 5.71. The molecule has 0 spiro atoms. The lowest BCUT2D eigenvalue weighted by Crippen LogP contribution is -2.27. The van der Waals surface area contributed by atoms with E-state index in [1.54, 1.807) is 16.7 Å². The van der Waals surface area contributed by atoms with Gasteiger partial charge in [-0.25, -0.2) is 0 Å². The van der Waals surface area contributed by atoms with Gasteiger partial charge in [-0.15, -0.1) is 11.8 Å². The van der Waals surface area contributed by atoms with Gasteiger partial charge in [0.15, 0.2) is 0 Å². The van der Waals surface area contributed by atoms with Crippen molar-refractivity contribution < 1.29 is 4.79 Å². The molecule has 2 rings (SSSR count). The minimum Gasteiger partial charge on any atom is -0.341 e. The number of likely N-dealkylation sites (N-methyl/N-ethyl adjacent to an activating group) is 1. The zero-order chi connectivity index (χ0) is 15.2. The van der Waals surface area contributed by atoms with Gasteiger partial charge in [0.25, 0.3) is 0 Å². The molecule has 0 saturated carbocycles. The summed E-state index contributed by atoms with van der Waals surface area (Å²) in [6.07, 6.45) is 2.45. The highest BCUT2D eigenvalue weighted by atomic mass is 35.5. The van der Waals surface area contributed by atoms with Crippen LogP contribution in [0, 0.1) is 0 Å². The molecule has 0 heterocycles. The molecule has 0 fully saturated rings. The first kappa shape index (κ1) is 15.9. The summed E-state index contributed by atoms with van der Waals surface area (Å²) in [5.41, 5.74) is 2.12. The fourth-order valence-corrected chi connectivity index (χ4v) is 2.54. The third-order valence-electron chi connectivity index (χ3n) is 3.27. The van der Waals surface area contributed by atoms with Crippen molar-refractivity contribution in [3.8, 4) is 0 Å². The van der Waals surface area contributed by atoms with Crippen LogP contribution in [0.3, 0.4) is 0 Å². The topological polar surface area (TPSA) is 20.3 Å². The molecule has 0 radical (unpaired) electrons. The van der Waals surface area contributed by atoms with E-state index < -0.39 is 0 Å². The summed E-state index contributed by atoms with van der Waals surface area (Å²) < 4.78 is 0. The second-order valence-corrected chi connectivity index (χ2v) is 6.22. The van der Waals surface area contributed by atoms with Gasteiger partial charge in [-0.2, -0.15) is 0 Å².